The van der Waals surface area contributed by atoms with Crippen LogP contribution in [0.2, 0.25) is 0 Å². The van der Waals surface area contributed by atoms with E-state index in [0.29, 0.717) is 0 Å². The zero-order valence-electron chi connectivity index (χ0n) is 10.7. The molecule has 18 heavy (non-hydrogen) atoms. The maximum Gasteiger partial charge on any atom is 0.134 e. The standard InChI is InChI=1S/C14H20BrNO2/c1-16-9-10-6-7-13(11(15)8-10)18-14-5-3-2-4-12(14)17/h6-8,12,14,16-17H,2-5,9H2,1H3. The second kappa shape index (κ2) is 6.55. The Kier molecular flexibility index (Phi) is 5.03. The van der Waals surface area contributed by atoms with Gasteiger partial charge in [0.15, 0.2) is 0 Å². The van der Waals surface area contributed by atoms with Gasteiger partial charge < -0.3 is 15.2 Å². The number of aliphatic hydroxyl groups excluding tert-OH is 1. The van der Waals surface area contributed by atoms with Crippen LogP contribution in [-0.4, -0.2) is 24.4 Å². The van der Waals surface area contributed by atoms with E-state index in [4.69, 9.17) is 4.74 Å². The molecule has 100 valence electrons. The van der Waals surface area contributed by atoms with Crippen LogP contribution in [0.4, 0.5) is 0 Å². The van der Waals surface area contributed by atoms with Gasteiger partial charge in [0.1, 0.15) is 11.9 Å². The average Bonchev–Trinajstić information content (AvgIpc) is 2.35. The summed E-state index contributed by atoms with van der Waals surface area (Å²) in [7, 11) is 1.93. The molecule has 1 saturated carbocycles. The minimum atomic E-state index is -0.331. The molecule has 0 amide bonds. The molecule has 0 heterocycles. The number of aliphatic hydroxyl groups is 1. The first-order chi connectivity index (χ1) is 8.70. The third-order valence-corrected chi connectivity index (χ3v) is 3.94. The van der Waals surface area contributed by atoms with Crippen molar-refractivity contribution in [3.63, 3.8) is 0 Å². The van der Waals surface area contributed by atoms with Crippen LogP contribution in [0.5, 0.6) is 5.75 Å². The number of hydrogen-bond acceptors (Lipinski definition) is 3. The molecule has 2 atom stereocenters. The fourth-order valence-electron chi connectivity index (χ4n) is 2.33. The molecular weight excluding hydrogens is 294 g/mol. The van der Waals surface area contributed by atoms with Gasteiger partial charge in [-0.2, -0.15) is 0 Å². The van der Waals surface area contributed by atoms with E-state index in [0.717, 1.165) is 42.5 Å². The van der Waals surface area contributed by atoms with E-state index in [2.05, 4.69) is 27.3 Å². The molecule has 0 aliphatic heterocycles. The molecule has 0 saturated heterocycles. The molecule has 3 nitrogen and oxygen atoms in total. The molecule has 2 unspecified atom stereocenters. The van der Waals surface area contributed by atoms with Crippen molar-refractivity contribution in [2.75, 3.05) is 7.05 Å². The predicted octanol–water partition coefficient (Wildman–Crippen LogP) is 2.85. The summed E-state index contributed by atoms with van der Waals surface area (Å²) in [5.74, 6) is 0.820. The predicted molar refractivity (Wildman–Crippen MR) is 75.8 cm³/mol. The monoisotopic (exact) mass is 313 g/mol. The van der Waals surface area contributed by atoms with Gasteiger partial charge in [-0.3, -0.25) is 0 Å². The van der Waals surface area contributed by atoms with E-state index in [1.165, 1.54) is 5.56 Å². The van der Waals surface area contributed by atoms with E-state index in [1.807, 2.05) is 19.2 Å². The summed E-state index contributed by atoms with van der Waals surface area (Å²) in [6.45, 7) is 0.838. The van der Waals surface area contributed by atoms with Crippen LogP contribution in [0.3, 0.4) is 0 Å². The van der Waals surface area contributed by atoms with E-state index in [1.54, 1.807) is 0 Å². The Balaban J connectivity index is 2.04. The quantitative estimate of drug-likeness (QED) is 0.898. The summed E-state index contributed by atoms with van der Waals surface area (Å²) in [5, 5.41) is 13.0. The van der Waals surface area contributed by atoms with Crippen molar-refractivity contribution in [2.45, 2.75) is 44.4 Å². The molecule has 1 aliphatic rings. The number of hydrogen-bond donors (Lipinski definition) is 2. The number of rotatable bonds is 4. The highest BCUT2D eigenvalue weighted by molar-refractivity contribution is 9.10. The number of ether oxygens (including phenoxy) is 1. The second-order valence-corrected chi connectivity index (χ2v) is 5.66. The number of nitrogens with one attached hydrogen (secondary N) is 1. The Bertz CT molecular complexity index is 397. The Morgan fingerprint density at radius 2 is 2.17 bits per heavy atom. The number of benzene rings is 1. The Morgan fingerprint density at radius 1 is 1.39 bits per heavy atom. The molecule has 0 bridgehead atoms. The normalized spacial score (nSPS) is 23.9. The summed E-state index contributed by atoms with van der Waals surface area (Å²) >= 11 is 3.53. The van der Waals surface area contributed by atoms with Crippen LogP contribution in [0.1, 0.15) is 31.2 Å². The summed E-state index contributed by atoms with van der Waals surface area (Å²) in [6, 6.07) is 6.07. The molecule has 1 aromatic carbocycles. The van der Waals surface area contributed by atoms with E-state index in [-0.39, 0.29) is 12.2 Å². The van der Waals surface area contributed by atoms with Gasteiger partial charge in [-0.1, -0.05) is 12.5 Å². The van der Waals surface area contributed by atoms with Crippen molar-refractivity contribution in [3.05, 3.63) is 28.2 Å². The van der Waals surface area contributed by atoms with Crippen LogP contribution in [0, 0.1) is 0 Å². The zero-order valence-corrected chi connectivity index (χ0v) is 12.2. The van der Waals surface area contributed by atoms with Crippen molar-refractivity contribution >= 4 is 15.9 Å². The van der Waals surface area contributed by atoms with Crippen molar-refractivity contribution in [2.24, 2.45) is 0 Å². The second-order valence-electron chi connectivity index (χ2n) is 4.80. The average molecular weight is 314 g/mol. The highest BCUT2D eigenvalue weighted by Crippen LogP contribution is 2.30. The maximum absolute atomic E-state index is 9.91. The van der Waals surface area contributed by atoms with Crippen molar-refractivity contribution in [1.82, 2.24) is 5.32 Å². The number of halogens is 1. The van der Waals surface area contributed by atoms with Gasteiger partial charge in [0.05, 0.1) is 10.6 Å². The third-order valence-electron chi connectivity index (χ3n) is 3.32. The fourth-order valence-corrected chi connectivity index (χ4v) is 2.85. The lowest BCUT2D eigenvalue weighted by Crippen LogP contribution is -2.34. The Hall–Kier alpha value is -0.580. The van der Waals surface area contributed by atoms with Gasteiger partial charge >= 0.3 is 0 Å². The molecule has 0 spiro atoms. The Labute approximate surface area is 117 Å². The van der Waals surface area contributed by atoms with Crippen molar-refractivity contribution in [1.29, 1.82) is 0 Å². The van der Waals surface area contributed by atoms with Crippen LogP contribution < -0.4 is 10.1 Å². The third kappa shape index (κ3) is 3.46. The van der Waals surface area contributed by atoms with Crippen LogP contribution in [0.15, 0.2) is 22.7 Å². The summed E-state index contributed by atoms with van der Waals surface area (Å²) in [4.78, 5) is 0. The van der Waals surface area contributed by atoms with Gasteiger partial charge in [0.2, 0.25) is 0 Å². The minimum Gasteiger partial charge on any atom is -0.487 e. The first-order valence-electron chi connectivity index (χ1n) is 6.48. The molecule has 0 aromatic heterocycles. The lowest BCUT2D eigenvalue weighted by Gasteiger charge is -2.28. The first-order valence-corrected chi connectivity index (χ1v) is 7.27. The van der Waals surface area contributed by atoms with E-state index < -0.39 is 0 Å². The SMILES string of the molecule is CNCc1ccc(OC2CCCCC2O)c(Br)c1. The van der Waals surface area contributed by atoms with Crippen molar-refractivity contribution in [3.8, 4) is 5.75 Å². The topological polar surface area (TPSA) is 41.5 Å². The Morgan fingerprint density at radius 3 is 2.83 bits per heavy atom. The summed E-state index contributed by atoms with van der Waals surface area (Å²) in [5.41, 5.74) is 1.21. The molecule has 2 rings (SSSR count). The highest BCUT2D eigenvalue weighted by Gasteiger charge is 2.25. The largest absolute Gasteiger partial charge is 0.487 e. The fraction of sp³-hybridized carbons (Fsp3) is 0.571. The van der Waals surface area contributed by atoms with Gasteiger partial charge in [-0.15, -0.1) is 0 Å². The first kappa shape index (κ1) is 13.8. The highest BCUT2D eigenvalue weighted by atomic mass is 79.9. The molecule has 2 N–H and O–H groups in total. The molecular formula is C14H20BrNO2. The molecule has 1 aromatic rings. The van der Waals surface area contributed by atoms with E-state index >= 15 is 0 Å². The lowest BCUT2D eigenvalue weighted by atomic mass is 9.95. The smallest absolute Gasteiger partial charge is 0.134 e. The molecule has 4 heteroatoms. The molecule has 0 radical (unpaired) electrons. The van der Waals surface area contributed by atoms with Crippen LogP contribution >= 0.6 is 15.9 Å². The lowest BCUT2D eigenvalue weighted by molar-refractivity contribution is 0.00648. The van der Waals surface area contributed by atoms with Gasteiger partial charge in [0, 0.05) is 6.54 Å². The maximum atomic E-state index is 9.91. The van der Waals surface area contributed by atoms with Crippen LogP contribution in [0.25, 0.3) is 0 Å². The molecule has 1 fully saturated rings. The van der Waals surface area contributed by atoms with E-state index in [9.17, 15) is 5.11 Å². The van der Waals surface area contributed by atoms with Gasteiger partial charge in [0.25, 0.3) is 0 Å². The van der Waals surface area contributed by atoms with Crippen LogP contribution in [-0.2, 0) is 6.54 Å². The van der Waals surface area contributed by atoms with Crippen molar-refractivity contribution < 1.29 is 9.84 Å². The summed E-state index contributed by atoms with van der Waals surface area (Å²) < 4.78 is 6.87. The zero-order chi connectivity index (χ0) is 13.0. The summed E-state index contributed by atoms with van der Waals surface area (Å²) in [6.07, 6.45) is 3.62. The van der Waals surface area contributed by atoms with Gasteiger partial charge in [-0.05, 0) is 59.9 Å². The minimum absolute atomic E-state index is 0.0646. The van der Waals surface area contributed by atoms with Gasteiger partial charge in [-0.25, -0.2) is 0 Å². The molecule has 1 aliphatic carbocycles.